The van der Waals surface area contributed by atoms with Crippen LogP contribution in [0.2, 0.25) is 11.3 Å². The maximum absolute atomic E-state index is 8.86. The Labute approximate surface area is 173 Å². The topological polar surface area (TPSA) is 104 Å². The molecule has 0 bridgehead atoms. The summed E-state index contributed by atoms with van der Waals surface area (Å²) in [6.45, 7) is 3.45. The molecular weight excluding hydrogens is 378 g/mol. The normalized spacial score (nSPS) is 16.0. The summed E-state index contributed by atoms with van der Waals surface area (Å²) in [7, 11) is -1.17. The molecule has 1 unspecified atom stereocenters. The van der Waals surface area contributed by atoms with Gasteiger partial charge >= 0.3 is 13.3 Å². The minimum absolute atomic E-state index is 0.250. The first-order valence-electron chi connectivity index (χ1n) is 10.0. The second kappa shape index (κ2) is 14.7. The predicted octanol–water partition coefficient (Wildman–Crippen LogP) is 2.37. The monoisotopic (exact) mass is 410 g/mol. The summed E-state index contributed by atoms with van der Waals surface area (Å²) >= 11 is 5.92. The number of aryl methyl sites for hydroxylation is 1. The summed E-state index contributed by atoms with van der Waals surface area (Å²) in [5.41, 5.74) is 7.70. The Morgan fingerprint density at radius 2 is 1.75 bits per heavy atom. The minimum Gasteiger partial charge on any atom is -0.427 e. The van der Waals surface area contributed by atoms with Crippen molar-refractivity contribution < 1.29 is 19.6 Å². The first kappa shape index (κ1) is 24.8. The van der Waals surface area contributed by atoms with Gasteiger partial charge in [0, 0.05) is 11.1 Å². The lowest BCUT2D eigenvalue weighted by atomic mass is 9.82. The Morgan fingerprint density at radius 3 is 2.32 bits per heavy atom. The molecule has 1 fully saturated rings. The fourth-order valence-corrected chi connectivity index (χ4v) is 3.83. The van der Waals surface area contributed by atoms with Crippen LogP contribution in [0.1, 0.15) is 44.1 Å². The van der Waals surface area contributed by atoms with E-state index in [0.29, 0.717) is 12.2 Å². The van der Waals surface area contributed by atoms with Gasteiger partial charge in [0.1, 0.15) is 0 Å². The van der Waals surface area contributed by atoms with Crippen molar-refractivity contribution in [3.63, 3.8) is 0 Å². The zero-order chi connectivity index (χ0) is 20.8. The molecule has 0 radical (unpaired) electrons. The number of unbranched alkanes of at least 4 members (excludes halogenated alkanes) is 1. The van der Waals surface area contributed by atoms with Crippen LogP contribution in [0.3, 0.4) is 0 Å². The first-order chi connectivity index (χ1) is 13.5. The molecule has 156 valence electrons. The number of halogens is 1. The van der Waals surface area contributed by atoms with Gasteiger partial charge in [-0.15, -0.1) is 0 Å². The number of nitrogens with zero attached hydrogens (tertiary/aromatic N) is 1. The van der Waals surface area contributed by atoms with Crippen LogP contribution in [0.5, 0.6) is 0 Å². The minimum atomic E-state index is -1.17. The lowest BCUT2D eigenvalue weighted by Crippen LogP contribution is -2.41. The molecule has 1 saturated heterocycles. The van der Waals surface area contributed by atoms with Gasteiger partial charge in [-0.3, -0.25) is 0 Å². The van der Waals surface area contributed by atoms with Gasteiger partial charge in [0.25, 0.3) is 0 Å². The van der Waals surface area contributed by atoms with E-state index >= 15 is 0 Å². The van der Waals surface area contributed by atoms with Gasteiger partial charge in [0.2, 0.25) is 0 Å². The maximum Gasteiger partial charge on any atom is 0.451 e. The quantitative estimate of drug-likeness (QED) is 0.404. The van der Waals surface area contributed by atoms with Crippen LogP contribution in [0.15, 0.2) is 24.3 Å². The summed E-state index contributed by atoms with van der Waals surface area (Å²) < 4.78 is 0. The van der Waals surface area contributed by atoms with E-state index in [1.807, 2.05) is 12.1 Å². The second-order valence-corrected chi connectivity index (χ2v) is 7.86. The SMILES string of the molecule is NC(CCCCB(O)O)C1CCN(CCCc2ccc(Cl)cc2)CC1.O=C=O. The molecule has 28 heavy (non-hydrogen) atoms. The van der Waals surface area contributed by atoms with Crippen LogP contribution in [-0.4, -0.2) is 53.9 Å². The average molecular weight is 411 g/mol. The number of benzene rings is 1. The van der Waals surface area contributed by atoms with Crippen molar-refractivity contribution in [3.05, 3.63) is 34.9 Å². The average Bonchev–Trinajstić information content (AvgIpc) is 2.68. The highest BCUT2D eigenvalue weighted by atomic mass is 35.5. The fourth-order valence-electron chi connectivity index (χ4n) is 3.71. The van der Waals surface area contributed by atoms with Gasteiger partial charge in [0.15, 0.2) is 0 Å². The van der Waals surface area contributed by atoms with Gasteiger partial charge in [-0.05, 0) is 81.7 Å². The van der Waals surface area contributed by atoms with Crippen LogP contribution in [0.4, 0.5) is 0 Å². The second-order valence-electron chi connectivity index (χ2n) is 7.42. The molecule has 1 aromatic rings. The lowest BCUT2D eigenvalue weighted by molar-refractivity contribution is -0.191. The number of rotatable bonds is 10. The van der Waals surface area contributed by atoms with Crippen LogP contribution in [-0.2, 0) is 16.0 Å². The number of hydrogen-bond acceptors (Lipinski definition) is 6. The highest BCUT2D eigenvalue weighted by Crippen LogP contribution is 2.23. The van der Waals surface area contributed by atoms with Gasteiger partial charge in [0.05, 0.1) is 0 Å². The molecule has 2 rings (SSSR count). The summed E-state index contributed by atoms with van der Waals surface area (Å²) in [6.07, 6.45) is 8.19. The molecular formula is C20H32BClN2O4. The van der Waals surface area contributed by atoms with Crippen molar-refractivity contribution in [2.45, 2.75) is 57.3 Å². The molecule has 6 nitrogen and oxygen atoms in total. The molecule has 1 atom stereocenters. The Kier molecular flexibility index (Phi) is 13.1. The highest BCUT2D eigenvalue weighted by molar-refractivity contribution is 6.40. The standard InChI is InChI=1S/C19H32BClN2O2.CO2/c21-18-8-6-16(7-9-18)4-3-13-23-14-10-17(11-15-23)19(22)5-1-2-12-20(24)25;2-1-3/h6-9,17,19,24-25H,1-5,10-15,22H2;. The number of carbonyl (C=O) groups excluding carboxylic acids is 2. The molecule has 1 heterocycles. The Hall–Kier alpha value is -1.21. The van der Waals surface area contributed by atoms with E-state index < -0.39 is 7.12 Å². The van der Waals surface area contributed by atoms with Crippen molar-refractivity contribution in [2.24, 2.45) is 11.7 Å². The molecule has 8 heteroatoms. The zero-order valence-corrected chi connectivity index (χ0v) is 17.2. The van der Waals surface area contributed by atoms with E-state index in [9.17, 15) is 0 Å². The highest BCUT2D eigenvalue weighted by Gasteiger charge is 2.23. The molecule has 0 aliphatic carbocycles. The van der Waals surface area contributed by atoms with Gasteiger partial charge < -0.3 is 20.7 Å². The molecule has 0 saturated carbocycles. The fraction of sp³-hybridized carbons (Fsp3) is 0.650. The van der Waals surface area contributed by atoms with E-state index in [-0.39, 0.29) is 12.2 Å². The Balaban J connectivity index is 0.00000122. The van der Waals surface area contributed by atoms with E-state index in [2.05, 4.69) is 17.0 Å². The van der Waals surface area contributed by atoms with E-state index in [4.69, 9.17) is 37.0 Å². The van der Waals surface area contributed by atoms with Crippen molar-refractivity contribution >= 4 is 24.9 Å². The largest absolute Gasteiger partial charge is 0.451 e. The summed E-state index contributed by atoms with van der Waals surface area (Å²) in [6, 6.07) is 8.41. The third kappa shape index (κ3) is 11.0. The first-order valence-corrected chi connectivity index (χ1v) is 10.4. The Morgan fingerprint density at radius 1 is 1.14 bits per heavy atom. The van der Waals surface area contributed by atoms with Crippen molar-refractivity contribution in [1.29, 1.82) is 0 Å². The molecule has 1 aromatic carbocycles. The number of piperidine rings is 1. The third-order valence-corrected chi connectivity index (χ3v) is 5.59. The number of nitrogens with two attached hydrogens (primary N) is 1. The third-order valence-electron chi connectivity index (χ3n) is 5.34. The van der Waals surface area contributed by atoms with E-state index in [1.165, 1.54) is 24.8 Å². The predicted molar refractivity (Wildman–Crippen MR) is 111 cm³/mol. The molecule has 1 aliphatic rings. The van der Waals surface area contributed by atoms with Crippen molar-refractivity contribution in [1.82, 2.24) is 4.90 Å². The van der Waals surface area contributed by atoms with E-state index in [0.717, 1.165) is 50.3 Å². The maximum atomic E-state index is 8.86. The van der Waals surface area contributed by atoms with Crippen LogP contribution in [0, 0.1) is 5.92 Å². The van der Waals surface area contributed by atoms with E-state index in [1.54, 1.807) is 0 Å². The lowest BCUT2D eigenvalue weighted by Gasteiger charge is -2.34. The molecule has 0 amide bonds. The van der Waals surface area contributed by atoms with Crippen molar-refractivity contribution in [2.75, 3.05) is 19.6 Å². The smallest absolute Gasteiger partial charge is 0.427 e. The zero-order valence-electron chi connectivity index (χ0n) is 16.4. The summed E-state index contributed by atoms with van der Waals surface area (Å²) in [5, 5.41) is 18.5. The van der Waals surface area contributed by atoms with Crippen LogP contribution >= 0.6 is 11.6 Å². The van der Waals surface area contributed by atoms with Gasteiger partial charge in [-0.1, -0.05) is 36.6 Å². The number of hydrogen-bond donors (Lipinski definition) is 3. The Bertz CT molecular complexity index is 560. The van der Waals surface area contributed by atoms with Gasteiger partial charge in [-0.2, -0.15) is 9.59 Å². The van der Waals surface area contributed by atoms with Crippen LogP contribution < -0.4 is 5.73 Å². The van der Waals surface area contributed by atoms with Crippen molar-refractivity contribution in [3.8, 4) is 0 Å². The summed E-state index contributed by atoms with van der Waals surface area (Å²) in [5.74, 6) is 0.617. The molecule has 1 aliphatic heterocycles. The molecule has 0 spiro atoms. The van der Waals surface area contributed by atoms with Crippen LogP contribution in [0.25, 0.3) is 0 Å². The summed E-state index contributed by atoms with van der Waals surface area (Å²) in [4.78, 5) is 18.8. The molecule has 0 aromatic heterocycles. The molecule has 4 N–H and O–H groups in total. The van der Waals surface area contributed by atoms with Gasteiger partial charge in [-0.25, -0.2) is 0 Å². The number of likely N-dealkylation sites (tertiary alicyclic amines) is 1.